The number of fused-ring (bicyclic) bond motifs is 1. The molecule has 0 spiro atoms. The lowest BCUT2D eigenvalue weighted by Gasteiger charge is -2.20. The van der Waals surface area contributed by atoms with Crippen LogP contribution >= 0.6 is 0 Å². The first-order valence-corrected chi connectivity index (χ1v) is 10.3. The van der Waals surface area contributed by atoms with Gasteiger partial charge >= 0.3 is 0 Å². The summed E-state index contributed by atoms with van der Waals surface area (Å²) in [5, 5.41) is 4.04. The van der Waals surface area contributed by atoms with E-state index in [-0.39, 0.29) is 23.3 Å². The van der Waals surface area contributed by atoms with E-state index in [4.69, 9.17) is 15.2 Å². The van der Waals surface area contributed by atoms with Crippen LogP contribution in [0.2, 0.25) is 0 Å². The summed E-state index contributed by atoms with van der Waals surface area (Å²) in [5.41, 5.74) is 8.98. The van der Waals surface area contributed by atoms with Crippen LogP contribution < -0.4 is 20.5 Å². The number of H-pyrrole nitrogens is 1. The second kappa shape index (κ2) is 9.38. The molecule has 4 N–H and O–H groups in total. The summed E-state index contributed by atoms with van der Waals surface area (Å²) in [7, 11) is 1.61. The third-order valence-electron chi connectivity index (χ3n) is 5.29. The van der Waals surface area contributed by atoms with E-state index >= 15 is 0 Å². The van der Waals surface area contributed by atoms with E-state index in [1.807, 2.05) is 49.5 Å². The smallest absolute Gasteiger partial charge is 0.273 e. The monoisotopic (exact) mass is 431 g/mol. The fraction of sp³-hybridized carbons (Fsp3) is 0.208. The number of nitrogens with one attached hydrogen (secondary N) is 2. The largest absolute Gasteiger partial charge is 0.493 e. The number of methoxy groups -OCH3 is 1. The molecular weight excluding hydrogens is 406 g/mol. The summed E-state index contributed by atoms with van der Waals surface area (Å²) in [6, 6.07) is 13.9. The minimum Gasteiger partial charge on any atom is -0.493 e. The maximum atomic E-state index is 12.8. The molecule has 0 saturated carbocycles. The molecule has 0 saturated heterocycles. The average molecular weight is 431 g/mol. The van der Waals surface area contributed by atoms with Crippen molar-refractivity contribution in [3.63, 3.8) is 0 Å². The Morgan fingerprint density at radius 2 is 1.97 bits per heavy atom. The van der Waals surface area contributed by atoms with Crippen LogP contribution in [0, 0.1) is 0 Å². The third kappa shape index (κ3) is 4.20. The summed E-state index contributed by atoms with van der Waals surface area (Å²) in [5.74, 6) is 0.874. The molecule has 0 aliphatic carbocycles. The number of ether oxygens (including phenoxy) is 2. The van der Waals surface area contributed by atoms with Gasteiger partial charge in [0.2, 0.25) is 0 Å². The molecule has 0 fully saturated rings. The van der Waals surface area contributed by atoms with Crippen molar-refractivity contribution in [3.8, 4) is 11.5 Å². The van der Waals surface area contributed by atoms with Crippen LogP contribution in [0.25, 0.3) is 10.9 Å². The second-order valence-electron chi connectivity index (χ2n) is 7.19. The fourth-order valence-corrected chi connectivity index (χ4v) is 3.77. The molecule has 1 unspecified atom stereocenters. The maximum Gasteiger partial charge on any atom is 0.273 e. The van der Waals surface area contributed by atoms with Gasteiger partial charge in [0.1, 0.15) is 0 Å². The highest BCUT2D eigenvalue weighted by atomic mass is 16.5. The third-order valence-corrected chi connectivity index (χ3v) is 5.29. The zero-order valence-corrected chi connectivity index (χ0v) is 18.0. The molecule has 4 rings (SSSR count). The normalized spacial score (nSPS) is 11.8. The Labute approximate surface area is 185 Å². The Bertz CT molecular complexity index is 1240. The Morgan fingerprint density at radius 3 is 2.75 bits per heavy atom. The van der Waals surface area contributed by atoms with Crippen LogP contribution in [0.4, 0.5) is 5.82 Å². The first-order valence-electron chi connectivity index (χ1n) is 10.3. The number of nitrogens with zero attached hydrogens (tertiary/aromatic N) is 2. The molecule has 2 heterocycles. The molecule has 8 heteroatoms. The van der Waals surface area contributed by atoms with Crippen molar-refractivity contribution in [3.05, 3.63) is 77.9 Å². The quantitative estimate of drug-likeness (QED) is 0.393. The van der Waals surface area contributed by atoms with E-state index in [9.17, 15) is 4.79 Å². The number of rotatable bonds is 8. The Kier molecular flexibility index (Phi) is 6.21. The predicted molar refractivity (Wildman–Crippen MR) is 123 cm³/mol. The number of aromatic amines is 1. The number of hydrogen-bond acceptors (Lipinski definition) is 6. The van der Waals surface area contributed by atoms with E-state index < -0.39 is 0 Å². The van der Waals surface area contributed by atoms with E-state index in [1.165, 1.54) is 12.4 Å². The maximum absolute atomic E-state index is 12.8. The average Bonchev–Trinajstić information content (AvgIpc) is 3.24. The molecular formula is C24H25N5O3. The van der Waals surface area contributed by atoms with Crippen molar-refractivity contribution in [2.45, 2.75) is 12.8 Å². The van der Waals surface area contributed by atoms with Gasteiger partial charge in [-0.25, -0.2) is 9.97 Å². The van der Waals surface area contributed by atoms with Crippen molar-refractivity contribution in [1.29, 1.82) is 0 Å². The number of para-hydroxylation sites is 1. The fourth-order valence-electron chi connectivity index (χ4n) is 3.77. The van der Waals surface area contributed by atoms with Crippen LogP contribution in [-0.2, 0) is 0 Å². The Balaban J connectivity index is 1.71. The molecule has 8 nitrogen and oxygen atoms in total. The highest BCUT2D eigenvalue weighted by Gasteiger charge is 2.22. The molecule has 0 aliphatic rings. The van der Waals surface area contributed by atoms with Gasteiger partial charge in [-0.1, -0.05) is 24.3 Å². The van der Waals surface area contributed by atoms with Gasteiger partial charge in [-0.15, -0.1) is 0 Å². The van der Waals surface area contributed by atoms with E-state index in [2.05, 4.69) is 26.3 Å². The number of carbonyl (C=O) groups excluding carboxylic acids is 1. The molecule has 2 aromatic heterocycles. The summed E-state index contributed by atoms with van der Waals surface area (Å²) in [6.07, 6.45) is 4.87. The van der Waals surface area contributed by atoms with Gasteiger partial charge in [0.15, 0.2) is 23.0 Å². The van der Waals surface area contributed by atoms with Gasteiger partial charge in [0.05, 0.1) is 13.7 Å². The zero-order chi connectivity index (χ0) is 22.5. The number of nitrogens with two attached hydrogens (primary N) is 1. The summed E-state index contributed by atoms with van der Waals surface area (Å²) in [6.45, 7) is 2.79. The first kappa shape index (κ1) is 21.2. The molecule has 164 valence electrons. The topological polar surface area (TPSA) is 115 Å². The van der Waals surface area contributed by atoms with Crippen molar-refractivity contribution in [2.75, 3.05) is 26.0 Å². The minimum atomic E-state index is -0.377. The number of aromatic nitrogens is 3. The molecule has 4 aromatic rings. The van der Waals surface area contributed by atoms with Crippen LogP contribution in [0.1, 0.15) is 34.5 Å². The van der Waals surface area contributed by atoms with Crippen molar-refractivity contribution >= 4 is 22.6 Å². The van der Waals surface area contributed by atoms with Crippen molar-refractivity contribution in [2.24, 2.45) is 0 Å². The van der Waals surface area contributed by atoms with Gasteiger partial charge < -0.3 is 25.5 Å². The highest BCUT2D eigenvalue weighted by Crippen LogP contribution is 2.35. The number of hydrogen-bond donors (Lipinski definition) is 3. The van der Waals surface area contributed by atoms with Crippen LogP contribution in [-0.4, -0.2) is 41.1 Å². The Morgan fingerprint density at radius 1 is 1.16 bits per heavy atom. The number of carbonyl (C=O) groups is 1. The molecule has 2 aromatic carbocycles. The lowest BCUT2D eigenvalue weighted by atomic mass is 9.90. The van der Waals surface area contributed by atoms with Gasteiger partial charge in [-0.2, -0.15) is 0 Å². The second-order valence-corrected chi connectivity index (χ2v) is 7.19. The SMILES string of the molecule is CCOc1ccc(C(CNC(=O)c2nccnc2N)c2c[nH]c3ccccc23)cc1OC. The summed E-state index contributed by atoms with van der Waals surface area (Å²) >= 11 is 0. The van der Waals surface area contributed by atoms with Crippen LogP contribution in [0.5, 0.6) is 11.5 Å². The molecule has 1 amide bonds. The van der Waals surface area contributed by atoms with E-state index in [0.29, 0.717) is 24.7 Å². The van der Waals surface area contributed by atoms with Crippen molar-refractivity contribution < 1.29 is 14.3 Å². The molecule has 32 heavy (non-hydrogen) atoms. The lowest BCUT2D eigenvalue weighted by molar-refractivity contribution is 0.0948. The lowest BCUT2D eigenvalue weighted by Crippen LogP contribution is -2.30. The molecule has 0 radical (unpaired) electrons. The zero-order valence-electron chi connectivity index (χ0n) is 18.0. The van der Waals surface area contributed by atoms with E-state index in [0.717, 1.165) is 22.0 Å². The number of amides is 1. The summed E-state index contributed by atoms with van der Waals surface area (Å²) in [4.78, 5) is 24.1. The standard InChI is InChI=1S/C24H25N5O3/c1-3-32-20-9-8-15(12-21(20)31-2)17(18-14-28-19-7-5-4-6-16(18)19)13-29-24(30)22-23(25)27-11-10-26-22/h4-12,14,17,28H,3,13H2,1-2H3,(H2,25,27)(H,29,30). The molecule has 1 atom stereocenters. The first-order chi connectivity index (χ1) is 15.6. The summed E-state index contributed by atoms with van der Waals surface area (Å²) < 4.78 is 11.2. The number of benzene rings is 2. The number of nitrogen functional groups attached to an aromatic ring is 1. The van der Waals surface area contributed by atoms with Crippen LogP contribution in [0.3, 0.4) is 0 Å². The van der Waals surface area contributed by atoms with Crippen molar-refractivity contribution in [1.82, 2.24) is 20.3 Å². The number of anilines is 1. The van der Waals surface area contributed by atoms with Gasteiger partial charge in [0, 0.05) is 42.0 Å². The molecule has 0 aliphatic heterocycles. The molecule has 0 bridgehead atoms. The van der Waals surface area contributed by atoms with Gasteiger partial charge in [-0.3, -0.25) is 4.79 Å². The van der Waals surface area contributed by atoms with Crippen LogP contribution in [0.15, 0.2) is 61.1 Å². The predicted octanol–water partition coefficient (Wildman–Crippen LogP) is 3.51. The van der Waals surface area contributed by atoms with Gasteiger partial charge in [0.25, 0.3) is 5.91 Å². The minimum absolute atomic E-state index is 0.0939. The Hall–Kier alpha value is -4.07. The highest BCUT2D eigenvalue weighted by molar-refractivity contribution is 5.96. The van der Waals surface area contributed by atoms with E-state index in [1.54, 1.807) is 7.11 Å². The van der Waals surface area contributed by atoms with Gasteiger partial charge in [-0.05, 0) is 36.2 Å².